The fourth-order valence-electron chi connectivity index (χ4n) is 1.10. The lowest BCUT2D eigenvalue weighted by molar-refractivity contribution is -0.139. The molecule has 0 amide bonds. The van der Waals surface area contributed by atoms with Gasteiger partial charge in [-0.2, -0.15) is 0 Å². The van der Waals surface area contributed by atoms with E-state index in [2.05, 4.69) is 11.9 Å². The lowest BCUT2D eigenvalue weighted by atomic mass is 10.1. The Morgan fingerprint density at radius 3 is 2.64 bits per heavy atom. The molecule has 0 spiro atoms. The molecule has 0 aromatic heterocycles. The second-order valence-electron chi connectivity index (χ2n) is 3.51. The van der Waals surface area contributed by atoms with Crippen molar-refractivity contribution in [2.45, 2.75) is 32.2 Å². The second kappa shape index (κ2) is 7.53. The Labute approximate surface area is 85.2 Å². The van der Waals surface area contributed by atoms with E-state index in [4.69, 9.17) is 10.8 Å². The summed E-state index contributed by atoms with van der Waals surface area (Å²) in [6, 6.07) is -0.474. The first kappa shape index (κ1) is 13.1. The van der Waals surface area contributed by atoms with Gasteiger partial charge in [0.15, 0.2) is 0 Å². The average Bonchev–Trinajstić information content (AvgIpc) is 2.10. The Morgan fingerprint density at radius 2 is 2.21 bits per heavy atom. The van der Waals surface area contributed by atoms with Crippen molar-refractivity contribution < 1.29 is 9.90 Å². The predicted octanol–water partition coefficient (Wildman–Crippen LogP) is 0.734. The molecule has 0 bridgehead atoms. The fourth-order valence-corrected chi connectivity index (χ4v) is 1.10. The summed E-state index contributed by atoms with van der Waals surface area (Å²) >= 11 is 0. The van der Waals surface area contributed by atoms with E-state index in [-0.39, 0.29) is 0 Å². The molecule has 0 saturated heterocycles. The number of carbonyl (C=O) groups is 1. The van der Waals surface area contributed by atoms with E-state index in [0.717, 1.165) is 18.4 Å². The monoisotopic (exact) mass is 200 g/mol. The van der Waals surface area contributed by atoms with Crippen LogP contribution in [-0.2, 0) is 4.79 Å². The van der Waals surface area contributed by atoms with Gasteiger partial charge in [-0.3, -0.25) is 4.79 Å². The molecule has 82 valence electrons. The summed E-state index contributed by atoms with van der Waals surface area (Å²) in [5.74, 6) is -0.803. The first-order chi connectivity index (χ1) is 6.57. The summed E-state index contributed by atoms with van der Waals surface area (Å²) in [6.07, 6.45) is 2.34. The summed E-state index contributed by atoms with van der Waals surface area (Å²) < 4.78 is 0. The lowest BCUT2D eigenvalue weighted by Gasteiger charge is -2.13. The molecule has 0 saturated carbocycles. The molecule has 0 aliphatic carbocycles. The maximum Gasteiger partial charge on any atom is 0.320 e. The molecular weight excluding hydrogens is 180 g/mol. The van der Waals surface area contributed by atoms with Crippen LogP contribution in [0, 0.1) is 0 Å². The third-order valence-electron chi connectivity index (χ3n) is 1.90. The quantitative estimate of drug-likeness (QED) is 0.399. The minimum Gasteiger partial charge on any atom is -0.480 e. The fraction of sp³-hybridized carbons (Fsp3) is 0.700. The molecular formula is C10H20N2O2. The summed E-state index contributed by atoms with van der Waals surface area (Å²) in [5.41, 5.74) is 6.27. The molecule has 0 radical (unpaired) electrons. The highest BCUT2D eigenvalue weighted by molar-refractivity contribution is 5.73. The van der Waals surface area contributed by atoms with Crippen LogP contribution in [0.25, 0.3) is 0 Å². The van der Waals surface area contributed by atoms with E-state index in [9.17, 15) is 4.79 Å². The van der Waals surface area contributed by atoms with Crippen molar-refractivity contribution in [2.75, 3.05) is 13.1 Å². The number of hydrogen-bond donors (Lipinski definition) is 3. The van der Waals surface area contributed by atoms with E-state index in [1.165, 1.54) is 0 Å². The first-order valence-electron chi connectivity index (χ1n) is 4.88. The van der Waals surface area contributed by atoms with Gasteiger partial charge in [0.25, 0.3) is 0 Å². The maximum absolute atomic E-state index is 10.8. The van der Waals surface area contributed by atoms with Crippen molar-refractivity contribution >= 4 is 5.97 Å². The summed E-state index contributed by atoms with van der Waals surface area (Å²) in [7, 11) is 0. The largest absolute Gasteiger partial charge is 0.480 e. The van der Waals surface area contributed by atoms with Crippen LogP contribution in [0.4, 0.5) is 0 Å². The van der Waals surface area contributed by atoms with Crippen molar-refractivity contribution in [1.29, 1.82) is 0 Å². The van der Waals surface area contributed by atoms with Gasteiger partial charge in [-0.25, -0.2) is 0 Å². The molecule has 0 heterocycles. The Bertz CT molecular complexity index is 193. The number of rotatable bonds is 8. The van der Waals surface area contributed by atoms with Crippen LogP contribution >= 0.6 is 0 Å². The Hall–Kier alpha value is -0.870. The van der Waals surface area contributed by atoms with Gasteiger partial charge >= 0.3 is 5.97 Å². The Kier molecular flexibility index (Phi) is 7.06. The van der Waals surface area contributed by atoms with Gasteiger partial charge in [-0.1, -0.05) is 18.6 Å². The highest BCUT2D eigenvalue weighted by Gasteiger charge is 2.15. The summed E-state index contributed by atoms with van der Waals surface area (Å²) in [4.78, 5) is 10.8. The van der Waals surface area contributed by atoms with Crippen LogP contribution in [0.1, 0.15) is 26.2 Å². The summed E-state index contributed by atoms with van der Waals surface area (Å²) in [5, 5.41) is 11.8. The van der Waals surface area contributed by atoms with Crippen LogP contribution in [0.3, 0.4) is 0 Å². The van der Waals surface area contributed by atoms with Crippen LogP contribution in [0.2, 0.25) is 0 Å². The number of hydrogen-bond acceptors (Lipinski definition) is 3. The minimum atomic E-state index is -0.803. The summed E-state index contributed by atoms with van der Waals surface area (Å²) in [6.45, 7) is 6.75. The standard InChI is InChI=1S/C10H20N2O2/c1-8(2)7-12-9(10(13)14)5-3-4-6-11/h9,12H,1,3-7,11H2,2H3,(H,13,14). The number of nitrogens with two attached hydrogens (primary N) is 1. The molecule has 1 atom stereocenters. The van der Waals surface area contributed by atoms with Crippen molar-refractivity contribution in [2.24, 2.45) is 5.73 Å². The number of unbranched alkanes of at least 4 members (excludes halogenated alkanes) is 1. The van der Waals surface area contributed by atoms with Crippen molar-refractivity contribution in [3.8, 4) is 0 Å². The molecule has 4 N–H and O–H groups in total. The molecule has 0 aliphatic heterocycles. The Morgan fingerprint density at radius 1 is 1.57 bits per heavy atom. The molecule has 4 heteroatoms. The highest BCUT2D eigenvalue weighted by atomic mass is 16.4. The zero-order valence-electron chi connectivity index (χ0n) is 8.75. The molecule has 1 unspecified atom stereocenters. The van der Waals surface area contributed by atoms with Crippen molar-refractivity contribution in [1.82, 2.24) is 5.32 Å². The van der Waals surface area contributed by atoms with Crippen molar-refractivity contribution in [3.05, 3.63) is 12.2 Å². The van der Waals surface area contributed by atoms with Crippen LogP contribution in [-0.4, -0.2) is 30.2 Å². The third kappa shape index (κ3) is 6.62. The normalized spacial score (nSPS) is 12.4. The zero-order valence-corrected chi connectivity index (χ0v) is 8.75. The number of nitrogens with one attached hydrogen (secondary N) is 1. The van der Waals surface area contributed by atoms with E-state index in [1.54, 1.807) is 0 Å². The minimum absolute atomic E-state index is 0.474. The lowest BCUT2D eigenvalue weighted by Crippen LogP contribution is -2.37. The van der Waals surface area contributed by atoms with Gasteiger partial charge in [-0.15, -0.1) is 0 Å². The Balaban J connectivity index is 3.78. The van der Waals surface area contributed by atoms with E-state index < -0.39 is 12.0 Å². The van der Waals surface area contributed by atoms with Crippen molar-refractivity contribution in [3.63, 3.8) is 0 Å². The van der Waals surface area contributed by atoms with Gasteiger partial charge in [-0.05, 0) is 26.3 Å². The second-order valence-corrected chi connectivity index (χ2v) is 3.51. The van der Waals surface area contributed by atoms with Gasteiger partial charge in [0.2, 0.25) is 0 Å². The maximum atomic E-state index is 10.8. The predicted molar refractivity (Wildman–Crippen MR) is 57.1 cm³/mol. The number of carboxylic acid groups (broad SMARTS) is 1. The molecule has 0 rings (SSSR count). The van der Waals surface area contributed by atoms with Crippen LogP contribution in [0.15, 0.2) is 12.2 Å². The number of aliphatic carboxylic acids is 1. The average molecular weight is 200 g/mol. The smallest absolute Gasteiger partial charge is 0.320 e. The molecule has 0 fully saturated rings. The molecule has 14 heavy (non-hydrogen) atoms. The van der Waals surface area contributed by atoms with E-state index >= 15 is 0 Å². The number of carboxylic acids is 1. The molecule has 0 aliphatic rings. The molecule has 0 aromatic carbocycles. The zero-order chi connectivity index (χ0) is 11.0. The van der Waals surface area contributed by atoms with Gasteiger partial charge in [0.1, 0.15) is 6.04 Å². The first-order valence-corrected chi connectivity index (χ1v) is 4.88. The van der Waals surface area contributed by atoms with E-state index in [1.807, 2.05) is 6.92 Å². The molecule has 4 nitrogen and oxygen atoms in total. The molecule has 0 aromatic rings. The highest BCUT2D eigenvalue weighted by Crippen LogP contribution is 2.01. The van der Waals surface area contributed by atoms with Gasteiger partial charge < -0.3 is 16.2 Å². The third-order valence-corrected chi connectivity index (χ3v) is 1.90. The van der Waals surface area contributed by atoms with E-state index in [0.29, 0.717) is 19.5 Å². The van der Waals surface area contributed by atoms with Crippen LogP contribution < -0.4 is 11.1 Å². The van der Waals surface area contributed by atoms with Gasteiger partial charge in [0.05, 0.1) is 0 Å². The van der Waals surface area contributed by atoms with Gasteiger partial charge in [0, 0.05) is 6.54 Å². The SMILES string of the molecule is C=C(C)CNC(CCCCN)C(=O)O. The topological polar surface area (TPSA) is 75.3 Å². The van der Waals surface area contributed by atoms with Crippen LogP contribution in [0.5, 0.6) is 0 Å².